The number of Topliss-reactive ketones (excluding diaryl/α,β-unsaturated/α-hetero) is 1. The summed E-state index contributed by atoms with van der Waals surface area (Å²) in [5.74, 6) is 0.666. The van der Waals surface area contributed by atoms with E-state index < -0.39 is 0 Å². The van der Waals surface area contributed by atoms with Crippen molar-refractivity contribution >= 4 is 17.4 Å². The standard InChI is InChI=1S/C16H21NO4/c1-10(2)6-16(19)17-12-4-5-15(14(7-12)11(3)18)21-9-13-8-20-13/h4-5,7,10,13H,6,8-9H2,1-3H3,(H,17,19). The van der Waals surface area contributed by atoms with E-state index in [1.807, 2.05) is 13.8 Å². The molecule has 114 valence electrons. The maximum Gasteiger partial charge on any atom is 0.224 e. The van der Waals surface area contributed by atoms with Crippen LogP contribution >= 0.6 is 0 Å². The Hall–Kier alpha value is -1.88. The molecule has 0 bridgehead atoms. The zero-order valence-corrected chi connectivity index (χ0v) is 12.6. The third kappa shape index (κ3) is 4.86. The van der Waals surface area contributed by atoms with Crippen molar-refractivity contribution in [2.24, 2.45) is 5.92 Å². The van der Waals surface area contributed by atoms with Gasteiger partial charge in [0.05, 0.1) is 12.2 Å². The normalized spacial score (nSPS) is 16.7. The molecule has 5 heteroatoms. The lowest BCUT2D eigenvalue weighted by Crippen LogP contribution is -2.14. The highest BCUT2D eigenvalue weighted by Gasteiger charge is 2.24. The highest BCUT2D eigenvalue weighted by atomic mass is 16.6. The highest BCUT2D eigenvalue weighted by molar-refractivity contribution is 5.99. The fraction of sp³-hybridized carbons (Fsp3) is 0.500. The third-order valence-corrected chi connectivity index (χ3v) is 3.06. The lowest BCUT2D eigenvalue weighted by molar-refractivity contribution is -0.116. The second-order valence-electron chi connectivity index (χ2n) is 5.68. The molecule has 1 aliphatic heterocycles. The number of carbonyl (C=O) groups excluding carboxylic acids is 2. The van der Waals surface area contributed by atoms with E-state index in [4.69, 9.17) is 9.47 Å². The van der Waals surface area contributed by atoms with Crippen LogP contribution in [0.3, 0.4) is 0 Å². The first kappa shape index (κ1) is 15.5. The number of rotatable bonds is 7. The van der Waals surface area contributed by atoms with Gasteiger partial charge in [-0.15, -0.1) is 0 Å². The number of ether oxygens (including phenoxy) is 2. The van der Waals surface area contributed by atoms with Crippen molar-refractivity contribution in [3.63, 3.8) is 0 Å². The average Bonchev–Trinajstić information content (AvgIpc) is 3.20. The minimum Gasteiger partial charge on any atom is -0.490 e. The van der Waals surface area contributed by atoms with E-state index in [0.717, 1.165) is 0 Å². The van der Waals surface area contributed by atoms with Gasteiger partial charge in [0.1, 0.15) is 18.5 Å². The molecule has 1 saturated heterocycles. The van der Waals surface area contributed by atoms with Gasteiger partial charge in [-0.05, 0) is 31.0 Å². The number of ketones is 1. The van der Waals surface area contributed by atoms with Gasteiger partial charge in [-0.3, -0.25) is 9.59 Å². The molecule has 0 aromatic heterocycles. The summed E-state index contributed by atoms with van der Waals surface area (Å²) in [7, 11) is 0. The van der Waals surface area contributed by atoms with Gasteiger partial charge in [-0.25, -0.2) is 0 Å². The topological polar surface area (TPSA) is 67.9 Å². The number of anilines is 1. The molecule has 21 heavy (non-hydrogen) atoms. The molecule has 1 atom stereocenters. The van der Waals surface area contributed by atoms with E-state index in [1.54, 1.807) is 18.2 Å². The highest BCUT2D eigenvalue weighted by Crippen LogP contribution is 2.25. The van der Waals surface area contributed by atoms with E-state index in [0.29, 0.717) is 42.6 Å². The van der Waals surface area contributed by atoms with Crippen molar-refractivity contribution < 1.29 is 19.1 Å². The SMILES string of the molecule is CC(=O)c1cc(NC(=O)CC(C)C)ccc1OCC1CO1. The maximum atomic E-state index is 11.8. The van der Waals surface area contributed by atoms with Crippen LogP contribution in [-0.4, -0.2) is 31.0 Å². The largest absolute Gasteiger partial charge is 0.490 e. The molecular weight excluding hydrogens is 270 g/mol. The van der Waals surface area contributed by atoms with E-state index in [1.165, 1.54) is 6.92 Å². The molecule has 5 nitrogen and oxygen atoms in total. The smallest absolute Gasteiger partial charge is 0.224 e. The van der Waals surface area contributed by atoms with Crippen LogP contribution in [0, 0.1) is 5.92 Å². The molecule has 1 fully saturated rings. The zero-order valence-electron chi connectivity index (χ0n) is 12.6. The molecule has 1 aromatic carbocycles. The lowest BCUT2D eigenvalue weighted by Gasteiger charge is -2.12. The second-order valence-corrected chi connectivity index (χ2v) is 5.68. The summed E-state index contributed by atoms with van der Waals surface area (Å²) in [6, 6.07) is 5.11. The Morgan fingerprint density at radius 1 is 1.43 bits per heavy atom. The lowest BCUT2D eigenvalue weighted by atomic mass is 10.1. The van der Waals surface area contributed by atoms with Crippen LogP contribution in [0.4, 0.5) is 5.69 Å². The summed E-state index contributed by atoms with van der Waals surface area (Å²) < 4.78 is 10.7. The Labute approximate surface area is 124 Å². The van der Waals surface area contributed by atoms with Gasteiger partial charge in [0, 0.05) is 12.1 Å². The van der Waals surface area contributed by atoms with Crippen LogP contribution in [0.2, 0.25) is 0 Å². The van der Waals surface area contributed by atoms with Crippen molar-refractivity contribution in [1.82, 2.24) is 0 Å². The number of benzene rings is 1. The van der Waals surface area contributed by atoms with Crippen LogP contribution in [0.5, 0.6) is 5.75 Å². The van der Waals surface area contributed by atoms with Crippen LogP contribution in [0.1, 0.15) is 37.6 Å². The van der Waals surface area contributed by atoms with Gasteiger partial charge in [-0.1, -0.05) is 13.8 Å². The Morgan fingerprint density at radius 2 is 2.14 bits per heavy atom. The molecular formula is C16H21NO4. The summed E-state index contributed by atoms with van der Waals surface area (Å²) in [5.41, 5.74) is 1.08. The quantitative estimate of drug-likeness (QED) is 0.619. The Bertz CT molecular complexity index is 535. The van der Waals surface area contributed by atoms with Crippen molar-refractivity contribution in [3.8, 4) is 5.75 Å². The Kier molecular flexibility index (Phi) is 4.96. The molecule has 0 radical (unpaired) electrons. The van der Waals surface area contributed by atoms with Crippen molar-refractivity contribution in [2.45, 2.75) is 33.3 Å². The van der Waals surface area contributed by atoms with Gasteiger partial charge in [-0.2, -0.15) is 0 Å². The van der Waals surface area contributed by atoms with Crippen molar-refractivity contribution in [1.29, 1.82) is 0 Å². The number of hydrogen-bond donors (Lipinski definition) is 1. The molecule has 1 heterocycles. The third-order valence-electron chi connectivity index (χ3n) is 3.06. The summed E-state index contributed by atoms with van der Waals surface area (Å²) in [6.45, 7) is 6.60. The molecule has 1 aromatic rings. The summed E-state index contributed by atoms with van der Waals surface area (Å²) >= 11 is 0. The fourth-order valence-electron chi connectivity index (χ4n) is 1.94. The number of hydrogen-bond acceptors (Lipinski definition) is 4. The summed E-state index contributed by atoms with van der Waals surface area (Å²) in [4.78, 5) is 23.5. The van der Waals surface area contributed by atoms with Crippen LogP contribution < -0.4 is 10.1 Å². The molecule has 2 rings (SSSR count). The van der Waals surface area contributed by atoms with Crippen molar-refractivity contribution in [2.75, 3.05) is 18.5 Å². The summed E-state index contributed by atoms with van der Waals surface area (Å²) in [5, 5.41) is 2.80. The van der Waals surface area contributed by atoms with E-state index in [2.05, 4.69) is 5.32 Å². The molecule has 1 unspecified atom stereocenters. The van der Waals surface area contributed by atoms with Gasteiger partial charge < -0.3 is 14.8 Å². The maximum absolute atomic E-state index is 11.8. The molecule has 0 saturated carbocycles. The van der Waals surface area contributed by atoms with Gasteiger partial charge in [0.15, 0.2) is 5.78 Å². The minimum absolute atomic E-state index is 0.0560. The van der Waals surface area contributed by atoms with Gasteiger partial charge >= 0.3 is 0 Å². The first-order valence-corrected chi connectivity index (χ1v) is 7.15. The number of amides is 1. The fourth-order valence-corrected chi connectivity index (χ4v) is 1.94. The molecule has 0 aliphatic carbocycles. The predicted octanol–water partition coefficient (Wildman–Crippen LogP) is 2.65. The Morgan fingerprint density at radius 3 is 2.71 bits per heavy atom. The minimum atomic E-state index is -0.0957. The molecule has 1 N–H and O–H groups in total. The van der Waals surface area contributed by atoms with Crippen LogP contribution in [0.25, 0.3) is 0 Å². The monoisotopic (exact) mass is 291 g/mol. The molecule has 1 aliphatic rings. The molecule has 0 spiro atoms. The Balaban J connectivity index is 2.07. The van der Waals surface area contributed by atoms with E-state index >= 15 is 0 Å². The average molecular weight is 291 g/mol. The zero-order chi connectivity index (χ0) is 15.4. The summed E-state index contributed by atoms with van der Waals surface area (Å²) in [6.07, 6.45) is 0.586. The van der Waals surface area contributed by atoms with Gasteiger partial charge in [0.25, 0.3) is 0 Å². The molecule has 1 amide bonds. The second kappa shape index (κ2) is 6.72. The predicted molar refractivity (Wildman–Crippen MR) is 79.8 cm³/mol. The van der Waals surface area contributed by atoms with E-state index in [-0.39, 0.29) is 17.8 Å². The van der Waals surface area contributed by atoms with Crippen LogP contribution in [0.15, 0.2) is 18.2 Å². The number of nitrogens with one attached hydrogen (secondary N) is 1. The number of carbonyl (C=O) groups is 2. The first-order chi connectivity index (χ1) is 9.95. The number of epoxide rings is 1. The van der Waals surface area contributed by atoms with E-state index in [9.17, 15) is 9.59 Å². The van der Waals surface area contributed by atoms with Gasteiger partial charge in [0.2, 0.25) is 5.91 Å². The van der Waals surface area contributed by atoms with Crippen LogP contribution in [-0.2, 0) is 9.53 Å². The first-order valence-electron chi connectivity index (χ1n) is 7.15. The van der Waals surface area contributed by atoms with Crippen molar-refractivity contribution in [3.05, 3.63) is 23.8 Å².